The molecule has 0 aromatic heterocycles. The van der Waals surface area contributed by atoms with Gasteiger partial charge >= 0.3 is 0 Å². The molecule has 2 N–H and O–H groups in total. The Morgan fingerprint density at radius 1 is 1.37 bits per heavy atom. The smallest absolute Gasteiger partial charge is 0.221 e. The Labute approximate surface area is 115 Å². The average molecular weight is 260 g/mol. The van der Waals surface area contributed by atoms with Crippen LogP contribution in [-0.2, 0) is 11.2 Å². The first-order chi connectivity index (χ1) is 9.04. The molecule has 104 valence electrons. The monoisotopic (exact) mass is 260 g/mol. The van der Waals surface area contributed by atoms with Crippen molar-refractivity contribution in [2.75, 3.05) is 13.6 Å². The van der Waals surface area contributed by atoms with E-state index in [0.29, 0.717) is 12.5 Å². The fraction of sp³-hybridized carbons (Fsp3) is 0.562. The lowest BCUT2D eigenvalue weighted by Crippen LogP contribution is -2.39. The molecule has 0 fully saturated rings. The predicted octanol–water partition coefficient (Wildman–Crippen LogP) is 2.43. The molecule has 1 aromatic carbocycles. The molecule has 1 unspecified atom stereocenters. The number of rotatable bonds is 4. The highest BCUT2D eigenvalue weighted by atomic mass is 16.1. The molecule has 3 nitrogen and oxygen atoms in total. The van der Waals surface area contributed by atoms with E-state index in [1.54, 1.807) is 7.05 Å². The Kier molecular flexibility index (Phi) is 4.25. The molecule has 0 aliphatic heterocycles. The van der Waals surface area contributed by atoms with Gasteiger partial charge in [0.1, 0.15) is 0 Å². The summed E-state index contributed by atoms with van der Waals surface area (Å²) in [6.07, 6.45) is 2.86. The second-order valence-electron chi connectivity index (χ2n) is 6.00. The molecule has 0 heterocycles. The normalized spacial score (nSPS) is 20.7. The van der Waals surface area contributed by atoms with Crippen LogP contribution in [0, 0.1) is 5.41 Å². The molecule has 1 aliphatic rings. The number of hydrogen-bond donors (Lipinski definition) is 2. The van der Waals surface area contributed by atoms with Crippen LogP contribution in [0.5, 0.6) is 0 Å². The van der Waals surface area contributed by atoms with E-state index in [1.807, 2.05) is 0 Å². The summed E-state index contributed by atoms with van der Waals surface area (Å²) in [6, 6.07) is 8.99. The fourth-order valence-electron chi connectivity index (χ4n) is 2.91. The molecule has 3 heteroatoms. The lowest BCUT2D eigenvalue weighted by molar-refractivity contribution is -0.120. The molecular formula is C16H24N2O. The van der Waals surface area contributed by atoms with Gasteiger partial charge in [-0.1, -0.05) is 38.1 Å². The molecule has 1 atom stereocenters. The lowest BCUT2D eigenvalue weighted by Gasteiger charge is -2.40. The Bertz CT molecular complexity index is 454. The van der Waals surface area contributed by atoms with Crippen LogP contribution in [0.15, 0.2) is 24.3 Å². The highest BCUT2D eigenvalue weighted by Gasteiger charge is 2.35. The van der Waals surface area contributed by atoms with Crippen LogP contribution in [0.2, 0.25) is 0 Å². The summed E-state index contributed by atoms with van der Waals surface area (Å²) in [5.74, 6) is 0.0920. The minimum absolute atomic E-state index is 0.0920. The summed E-state index contributed by atoms with van der Waals surface area (Å²) < 4.78 is 0. The number of carbonyl (C=O) groups is 1. The zero-order valence-corrected chi connectivity index (χ0v) is 12.1. The molecule has 1 aliphatic carbocycles. The third-order valence-corrected chi connectivity index (χ3v) is 4.17. The minimum Gasteiger partial charge on any atom is -0.359 e. The number of aryl methyl sites for hydroxylation is 1. The van der Waals surface area contributed by atoms with Crippen molar-refractivity contribution in [2.45, 2.75) is 39.2 Å². The maximum atomic E-state index is 11.3. The maximum absolute atomic E-state index is 11.3. The van der Waals surface area contributed by atoms with E-state index in [2.05, 4.69) is 48.7 Å². The lowest BCUT2D eigenvalue weighted by atomic mass is 9.70. The molecule has 0 spiro atoms. The summed E-state index contributed by atoms with van der Waals surface area (Å²) >= 11 is 0. The number of nitrogens with one attached hydrogen (secondary N) is 2. The van der Waals surface area contributed by atoms with Gasteiger partial charge < -0.3 is 10.6 Å². The zero-order valence-electron chi connectivity index (χ0n) is 12.1. The molecule has 19 heavy (non-hydrogen) atoms. The minimum atomic E-state index is 0.0920. The van der Waals surface area contributed by atoms with E-state index >= 15 is 0 Å². The van der Waals surface area contributed by atoms with E-state index in [1.165, 1.54) is 17.5 Å². The van der Waals surface area contributed by atoms with Gasteiger partial charge in [-0.25, -0.2) is 0 Å². The Morgan fingerprint density at radius 3 is 2.84 bits per heavy atom. The quantitative estimate of drug-likeness (QED) is 0.873. The van der Waals surface area contributed by atoms with Crippen molar-refractivity contribution in [3.8, 4) is 0 Å². The molecule has 1 aromatic rings. The first-order valence-corrected chi connectivity index (χ1v) is 7.06. The van der Waals surface area contributed by atoms with Crippen molar-refractivity contribution in [3.05, 3.63) is 35.4 Å². The highest BCUT2D eigenvalue weighted by Crippen LogP contribution is 2.43. The average Bonchev–Trinajstić information content (AvgIpc) is 2.41. The van der Waals surface area contributed by atoms with Crippen LogP contribution >= 0.6 is 0 Å². The molecular weight excluding hydrogens is 236 g/mol. The van der Waals surface area contributed by atoms with Crippen molar-refractivity contribution in [1.82, 2.24) is 10.6 Å². The Balaban J connectivity index is 2.10. The molecule has 0 bridgehead atoms. The van der Waals surface area contributed by atoms with E-state index < -0.39 is 0 Å². The number of fused-ring (bicyclic) bond motifs is 1. The van der Waals surface area contributed by atoms with Crippen LogP contribution in [0.4, 0.5) is 0 Å². The van der Waals surface area contributed by atoms with Gasteiger partial charge in [0, 0.05) is 26.1 Å². The maximum Gasteiger partial charge on any atom is 0.221 e. The van der Waals surface area contributed by atoms with Gasteiger partial charge in [-0.05, 0) is 29.4 Å². The summed E-state index contributed by atoms with van der Waals surface area (Å²) in [4.78, 5) is 11.3. The molecule has 0 saturated heterocycles. The van der Waals surface area contributed by atoms with Gasteiger partial charge in [-0.15, -0.1) is 0 Å². The molecule has 1 amide bonds. The molecule has 2 rings (SSSR count). The van der Waals surface area contributed by atoms with Gasteiger partial charge in [0.2, 0.25) is 5.91 Å². The van der Waals surface area contributed by atoms with Crippen LogP contribution in [0.3, 0.4) is 0 Å². The van der Waals surface area contributed by atoms with Crippen molar-refractivity contribution < 1.29 is 4.79 Å². The summed E-state index contributed by atoms with van der Waals surface area (Å²) in [5, 5.41) is 6.24. The number of carbonyl (C=O) groups excluding carboxylic acids is 1. The number of benzene rings is 1. The fourth-order valence-corrected chi connectivity index (χ4v) is 2.91. The van der Waals surface area contributed by atoms with Gasteiger partial charge in [-0.2, -0.15) is 0 Å². The van der Waals surface area contributed by atoms with E-state index in [-0.39, 0.29) is 11.3 Å². The van der Waals surface area contributed by atoms with Gasteiger partial charge in [0.05, 0.1) is 0 Å². The van der Waals surface area contributed by atoms with Gasteiger partial charge in [0.25, 0.3) is 0 Å². The van der Waals surface area contributed by atoms with Crippen molar-refractivity contribution in [3.63, 3.8) is 0 Å². The largest absolute Gasteiger partial charge is 0.359 e. The standard InChI is InChI=1S/C16H24N2O/c1-16(2)10-8-12-6-4-5-7-13(12)15(16)18-11-9-14(19)17-3/h4-7,15,18H,8-11H2,1-3H3,(H,17,19). The highest BCUT2D eigenvalue weighted by molar-refractivity contribution is 5.75. The van der Waals surface area contributed by atoms with Crippen molar-refractivity contribution in [1.29, 1.82) is 0 Å². The van der Waals surface area contributed by atoms with Crippen LogP contribution in [0.1, 0.15) is 43.9 Å². The van der Waals surface area contributed by atoms with Gasteiger partial charge in [-0.3, -0.25) is 4.79 Å². The first-order valence-electron chi connectivity index (χ1n) is 7.06. The second-order valence-corrected chi connectivity index (χ2v) is 6.00. The number of amides is 1. The molecule has 0 radical (unpaired) electrons. The predicted molar refractivity (Wildman–Crippen MR) is 78.0 cm³/mol. The van der Waals surface area contributed by atoms with Crippen LogP contribution < -0.4 is 10.6 Å². The summed E-state index contributed by atoms with van der Waals surface area (Å²) in [5.41, 5.74) is 3.08. The Morgan fingerprint density at radius 2 is 2.11 bits per heavy atom. The molecule has 0 saturated carbocycles. The zero-order chi connectivity index (χ0) is 13.9. The van der Waals surface area contributed by atoms with Crippen molar-refractivity contribution >= 4 is 5.91 Å². The SMILES string of the molecule is CNC(=O)CCNC1c2ccccc2CCC1(C)C. The summed E-state index contributed by atoms with van der Waals surface area (Å²) in [7, 11) is 1.68. The topological polar surface area (TPSA) is 41.1 Å². The van der Waals surface area contributed by atoms with E-state index in [9.17, 15) is 4.79 Å². The van der Waals surface area contributed by atoms with Crippen molar-refractivity contribution in [2.24, 2.45) is 5.41 Å². The second kappa shape index (κ2) is 5.74. The van der Waals surface area contributed by atoms with Crippen LogP contribution in [-0.4, -0.2) is 19.5 Å². The first kappa shape index (κ1) is 14.1. The van der Waals surface area contributed by atoms with Gasteiger partial charge in [0.15, 0.2) is 0 Å². The van der Waals surface area contributed by atoms with Crippen LogP contribution in [0.25, 0.3) is 0 Å². The summed E-state index contributed by atoms with van der Waals surface area (Å²) in [6.45, 7) is 5.34. The number of hydrogen-bond acceptors (Lipinski definition) is 2. The van der Waals surface area contributed by atoms with E-state index in [4.69, 9.17) is 0 Å². The van der Waals surface area contributed by atoms with E-state index in [0.717, 1.165) is 13.0 Å². The Hall–Kier alpha value is -1.35. The third kappa shape index (κ3) is 3.16. The third-order valence-electron chi connectivity index (χ3n) is 4.17.